The topological polar surface area (TPSA) is 45.0 Å². The van der Waals surface area contributed by atoms with Gasteiger partial charge in [0.25, 0.3) is 0 Å². The molecule has 1 N–H and O–H groups in total. The minimum atomic E-state index is 0.0636. The molecule has 0 saturated heterocycles. The predicted octanol–water partition coefficient (Wildman–Crippen LogP) is 3.85. The summed E-state index contributed by atoms with van der Waals surface area (Å²) in [6, 6.07) is 17.2. The van der Waals surface area contributed by atoms with Gasteiger partial charge in [-0.15, -0.1) is 0 Å². The van der Waals surface area contributed by atoms with Crippen molar-refractivity contribution >= 4 is 17.3 Å². The summed E-state index contributed by atoms with van der Waals surface area (Å²) in [5, 5.41) is 12.5. The zero-order chi connectivity index (χ0) is 13.5. The van der Waals surface area contributed by atoms with Crippen molar-refractivity contribution in [2.75, 3.05) is 11.9 Å². The fourth-order valence-corrected chi connectivity index (χ4v) is 1.76. The lowest BCUT2D eigenvalue weighted by Crippen LogP contribution is -2.00. The Hall–Kier alpha value is -2.18. The van der Waals surface area contributed by atoms with Gasteiger partial charge < -0.3 is 10.1 Å². The van der Waals surface area contributed by atoms with Gasteiger partial charge in [-0.1, -0.05) is 23.7 Å². The van der Waals surface area contributed by atoms with Crippen molar-refractivity contribution in [1.82, 2.24) is 0 Å². The van der Waals surface area contributed by atoms with Gasteiger partial charge in [-0.25, -0.2) is 0 Å². The number of hydrogen-bond donors (Lipinski definition) is 1. The van der Waals surface area contributed by atoms with Crippen LogP contribution in [-0.2, 0) is 6.54 Å². The van der Waals surface area contributed by atoms with Crippen LogP contribution in [0.2, 0.25) is 5.02 Å². The highest BCUT2D eigenvalue weighted by molar-refractivity contribution is 6.30. The molecule has 0 saturated carbocycles. The molecule has 4 heteroatoms. The van der Waals surface area contributed by atoms with Gasteiger partial charge in [0.15, 0.2) is 6.61 Å². The summed E-state index contributed by atoms with van der Waals surface area (Å²) in [4.78, 5) is 0. The molecule has 19 heavy (non-hydrogen) atoms. The number of anilines is 1. The Morgan fingerprint density at radius 1 is 1.16 bits per heavy atom. The van der Waals surface area contributed by atoms with E-state index in [4.69, 9.17) is 21.6 Å². The number of hydrogen-bond acceptors (Lipinski definition) is 3. The Balaban J connectivity index is 1.95. The molecule has 2 rings (SSSR count). The zero-order valence-corrected chi connectivity index (χ0v) is 11.0. The van der Waals surface area contributed by atoms with Crippen molar-refractivity contribution in [2.24, 2.45) is 0 Å². The van der Waals surface area contributed by atoms with Gasteiger partial charge in [0.1, 0.15) is 11.8 Å². The van der Waals surface area contributed by atoms with E-state index in [0.717, 1.165) is 16.3 Å². The molecule has 0 aromatic heterocycles. The van der Waals surface area contributed by atoms with Crippen LogP contribution in [-0.4, -0.2) is 6.61 Å². The second-order valence-corrected chi connectivity index (χ2v) is 4.39. The molecule has 0 radical (unpaired) electrons. The molecule has 96 valence electrons. The number of nitriles is 1. The van der Waals surface area contributed by atoms with Crippen LogP contribution in [0.25, 0.3) is 0 Å². The normalized spacial score (nSPS) is 9.68. The first kappa shape index (κ1) is 13.3. The molecular formula is C15H13ClN2O. The average Bonchev–Trinajstić information content (AvgIpc) is 2.45. The van der Waals surface area contributed by atoms with E-state index in [1.165, 1.54) is 0 Å². The van der Waals surface area contributed by atoms with Gasteiger partial charge in [0.05, 0.1) is 0 Å². The van der Waals surface area contributed by atoms with Crippen LogP contribution in [0, 0.1) is 11.3 Å². The summed E-state index contributed by atoms with van der Waals surface area (Å²) >= 11 is 5.83. The van der Waals surface area contributed by atoms with Gasteiger partial charge in [0.2, 0.25) is 0 Å². The molecule has 0 aliphatic rings. The molecule has 0 spiro atoms. The number of ether oxygens (including phenoxy) is 1. The number of nitrogens with zero attached hydrogens (tertiary/aromatic N) is 1. The van der Waals surface area contributed by atoms with E-state index in [2.05, 4.69) is 5.32 Å². The third kappa shape index (κ3) is 4.20. The number of rotatable bonds is 5. The van der Waals surface area contributed by atoms with Gasteiger partial charge in [0, 0.05) is 17.3 Å². The maximum Gasteiger partial charge on any atom is 0.174 e. The molecule has 0 heterocycles. The highest BCUT2D eigenvalue weighted by Crippen LogP contribution is 2.17. The van der Waals surface area contributed by atoms with E-state index >= 15 is 0 Å². The second kappa shape index (κ2) is 6.67. The van der Waals surface area contributed by atoms with Crippen molar-refractivity contribution in [3.63, 3.8) is 0 Å². The van der Waals surface area contributed by atoms with Gasteiger partial charge in [-0.05, 0) is 42.0 Å². The van der Waals surface area contributed by atoms with E-state index in [1.54, 1.807) is 0 Å². The Kier molecular flexibility index (Phi) is 4.66. The van der Waals surface area contributed by atoms with Gasteiger partial charge in [-0.3, -0.25) is 0 Å². The number of benzene rings is 2. The van der Waals surface area contributed by atoms with Crippen LogP contribution in [0.3, 0.4) is 0 Å². The van der Waals surface area contributed by atoms with Crippen LogP contribution in [0.1, 0.15) is 5.56 Å². The molecule has 0 amide bonds. The fraction of sp³-hybridized carbons (Fsp3) is 0.133. The van der Waals surface area contributed by atoms with Crippen molar-refractivity contribution in [2.45, 2.75) is 6.54 Å². The van der Waals surface area contributed by atoms with Crippen LogP contribution < -0.4 is 10.1 Å². The molecule has 2 aromatic rings. The van der Waals surface area contributed by atoms with Gasteiger partial charge in [-0.2, -0.15) is 5.26 Å². The summed E-state index contributed by atoms with van der Waals surface area (Å²) in [6.07, 6.45) is 0. The smallest absolute Gasteiger partial charge is 0.174 e. The lowest BCUT2D eigenvalue weighted by atomic mass is 10.2. The first-order valence-electron chi connectivity index (χ1n) is 5.86. The number of nitrogens with one attached hydrogen (secondary N) is 1. The van der Waals surface area contributed by atoms with Gasteiger partial charge >= 0.3 is 0 Å². The second-order valence-electron chi connectivity index (χ2n) is 3.95. The fourth-order valence-electron chi connectivity index (χ4n) is 1.63. The molecule has 0 fully saturated rings. The summed E-state index contributed by atoms with van der Waals surface area (Å²) in [5.41, 5.74) is 2.10. The minimum absolute atomic E-state index is 0.0636. The molecule has 2 aromatic carbocycles. The third-order valence-corrected chi connectivity index (χ3v) is 2.79. The lowest BCUT2D eigenvalue weighted by molar-refractivity contribution is 0.368. The minimum Gasteiger partial charge on any atom is -0.479 e. The SMILES string of the molecule is N#CCOc1cccc(CNc2ccc(Cl)cc2)c1. The first-order chi connectivity index (χ1) is 9.28. The Morgan fingerprint density at radius 3 is 2.68 bits per heavy atom. The van der Waals surface area contributed by atoms with E-state index in [1.807, 2.05) is 54.6 Å². The molecule has 0 atom stereocenters. The molecule has 3 nitrogen and oxygen atoms in total. The van der Waals surface area contributed by atoms with Crippen LogP contribution in [0.4, 0.5) is 5.69 Å². The standard InChI is InChI=1S/C15H13ClN2O/c16-13-4-6-14(7-5-13)18-11-12-2-1-3-15(10-12)19-9-8-17/h1-7,10,18H,9,11H2. The molecule has 0 bridgehead atoms. The molecular weight excluding hydrogens is 260 g/mol. The van der Waals surface area contributed by atoms with E-state index < -0.39 is 0 Å². The van der Waals surface area contributed by atoms with Crippen molar-refractivity contribution in [3.05, 3.63) is 59.1 Å². The average molecular weight is 273 g/mol. The number of halogens is 1. The van der Waals surface area contributed by atoms with Crippen LogP contribution in [0.15, 0.2) is 48.5 Å². The van der Waals surface area contributed by atoms with Crippen LogP contribution >= 0.6 is 11.6 Å². The van der Waals surface area contributed by atoms with Crippen LogP contribution in [0.5, 0.6) is 5.75 Å². The quantitative estimate of drug-likeness (QED) is 0.899. The zero-order valence-electron chi connectivity index (χ0n) is 10.3. The van der Waals surface area contributed by atoms with Crippen molar-refractivity contribution in [1.29, 1.82) is 5.26 Å². The summed E-state index contributed by atoms with van der Waals surface area (Å²) < 4.78 is 5.26. The van der Waals surface area contributed by atoms with Crippen molar-refractivity contribution < 1.29 is 4.74 Å². The Labute approximate surface area is 117 Å². The largest absolute Gasteiger partial charge is 0.479 e. The highest BCUT2D eigenvalue weighted by atomic mass is 35.5. The third-order valence-electron chi connectivity index (χ3n) is 2.54. The highest BCUT2D eigenvalue weighted by Gasteiger charge is 1.98. The monoisotopic (exact) mass is 272 g/mol. The predicted molar refractivity (Wildman–Crippen MR) is 76.3 cm³/mol. The molecule has 0 aliphatic heterocycles. The Bertz CT molecular complexity index is 575. The summed E-state index contributed by atoms with van der Waals surface area (Å²) in [6.45, 7) is 0.749. The lowest BCUT2D eigenvalue weighted by Gasteiger charge is -2.08. The first-order valence-corrected chi connectivity index (χ1v) is 6.24. The molecule has 0 unspecified atom stereocenters. The summed E-state index contributed by atoms with van der Waals surface area (Å²) in [7, 11) is 0. The maximum absolute atomic E-state index is 8.47. The van der Waals surface area contributed by atoms with E-state index in [-0.39, 0.29) is 6.61 Å². The van der Waals surface area contributed by atoms with Crippen molar-refractivity contribution in [3.8, 4) is 11.8 Å². The molecule has 0 aliphatic carbocycles. The maximum atomic E-state index is 8.47. The van der Waals surface area contributed by atoms with E-state index in [9.17, 15) is 0 Å². The van der Waals surface area contributed by atoms with E-state index in [0.29, 0.717) is 12.3 Å². The summed E-state index contributed by atoms with van der Waals surface area (Å²) in [5.74, 6) is 0.706. The Morgan fingerprint density at radius 2 is 1.95 bits per heavy atom.